The fourth-order valence-electron chi connectivity index (χ4n) is 5.18. The highest BCUT2D eigenvalue weighted by molar-refractivity contribution is 6.08. The molecule has 1 heterocycles. The Kier molecular flexibility index (Phi) is 7.82. The number of carboxylic acids is 1. The van der Waals surface area contributed by atoms with Crippen molar-refractivity contribution in [2.45, 2.75) is 44.7 Å². The van der Waals surface area contributed by atoms with Gasteiger partial charge in [-0.05, 0) is 49.6 Å². The quantitative estimate of drug-likeness (QED) is 0.246. The van der Waals surface area contributed by atoms with Crippen molar-refractivity contribution in [2.75, 3.05) is 6.61 Å². The fourth-order valence-corrected chi connectivity index (χ4v) is 5.18. The molecule has 3 aromatic carbocycles. The monoisotopic (exact) mass is 536 g/mol. The van der Waals surface area contributed by atoms with Gasteiger partial charge in [-0.15, -0.1) is 0 Å². The molecule has 0 saturated heterocycles. The van der Waals surface area contributed by atoms with Gasteiger partial charge < -0.3 is 19.7 Å². The lowest BCUT2D eigenvalue weighted by Crippen LogP contribution is -2.52. The van der Waals surface area contributed by atoms with Crippen molar-refractivity contribution < 1.29 is 24.2 Å². The molecule has 0 atom stereocenters. The smallest absolute Gasteiger partial charge is 0.329 e. The van der Waals surface area contributed by atoms with Crippen molar-refractivity contribution in [2.24, 2.45) is 0 Å². The molecular formula is C33H32N2O5. The van der Waals surface area contributed by atoms with E-state index in [1.165, 1.54) is 0 Å². The van der Waals surface area contributed by atoms with E-state index in [9.17, 15) is 19.5 Å². The van der Waals surface area contributed by atoms with E-state index in [1.54, 1.807) is 24.3 Å². The van der Waals surface area contributed by atoms with Crippen LogP contribution in [0.1, 0.15) is 57.7 Å². The van der Waals surface area contributed by atoms with Crippen molar-refractivity contribution in [3.8, 4) is 16.9 Å². The maximum Gasteiger partial charge on any atom is 0.329 e. The van der Waals surface area contributed by atoms with E-state index >= 15 is 0 Å². The summed E-state index contributed by atoms with van der Waals surface area (Å²) in [4.78, 5) is 38.2. The highest BCUT2D eigenvalue weighted by Crippen LogP contribution is 2.30. The van der Waals surface area contributed by atoms with Crippen LogP contribution < -0.4 is 10.1 Å². The van der Waals surface area contributed by atoms with E-state index in [1.807, 2.05) is 78.4 Å². The second-order valence-corrected chi connectivity index (χ2v) is 10.3. The Labute approximate surface area is 233 Å². The number of rotatable bonds is 10. The summed E-state index contributed by atoms with van der Waals surface area (Å²) < 4.78 is 7.89. The van der Waals surface area contributed by atoms with Gasteiger partial charge in [-0.25, -0.2) is 4.79 Å². The zero-order valence-electron chi connectivity index (χ0n) is 22.4. The number of amides is 1. The zero-order chi connectivity index (χ0) is 28.1. The Morgan fingerprint density at radius 1 is 0.875 bits per heavy atom. The van der Waals surface area contributed by atoms with Crippen LogP contribution in [0.15, 0.2) is 91.1 Å². The summed E-state index contributed by atoms with van der Waals surface area (Å²) in [7, 11) is 0. The fraction of sp³-hybridized carbons (Fsp3) is 0.242. The average Bonchev–Trinajstić information content (AvgIpc) is 3.62. The molecule has 40 heavy (non-hydrogen) atoms. The third-order valence-corrected chi connectivity index (χ3v) is 7.47. The van der Waals surface area contributed by atoms with Crippen molar-refractivity contribution in [3.63, 3.8) is 0 Å². The van der Waals surface area contributed by atoms with Crippen LogP contribution in [0, 0.1) is 6.92 Å². The third kappa shape index (κ3) is 5.83. The Bertz CT molecular complexity index is 1520. The SMILES string of the molecule is Cc1ccc(C(=O)c2cc(-c3ccccc3)cn2CCOc2cccc(C(=O)NC3(C(=O)O)CCCC3)c2)cc1. The largest absolute Gasteiger partial charge is 0.492 e. The molecule has 0 unspecified atom stereocenters. The minimum absolute atomic E-state index is 0.0693. The van der Waals surface area contributed by atoms with Crippen molar-refractivity contribution >= 4 is 17.7 Å². The number of aromatic nitrogens is 1. The second kappa shape index (κ2) is 11.6. The Morgan fingerprint density at radius 2 is 1.60 bits per heavy atom. The maximum atomic E-state index is 13.4. The van der Waals surface area contributed by atoms with Gasteiger partial charge in [0.15, 0.2) is 0 Å². The molecule has 1 aliphatic carbocycles. The maximum absolute atomic E-state index is 13.4. The predicted molar refractivity (Wildman–Crippen MR) is 153 cm³/mol. The molecule has 1 aromatic heterocycles. The zero-order valence-corrected chi connectivity index (χ0v) is 22.4. The van der Waals surface area contributed by atoms with E-state index in [2.05, 4.69) is 5.32 Å². The Balaban J connectivity index is 1.31. The van der Waals surface area contributed by atoms with Crippen LogP contribution in [0.25, 0.3) is 11.1 Å². The third-order valence-electron chi connectivity index (χ3n) is 7.47. The van der Waals surface area contributed by atoms with Crippen LogP contribution in [-0.2, 0) is 11.3 Å². The van der Waals surface area contributed by atoms with Crippen LogP contribution in [0.2, 0.25) is 0 Å². The number of hydrogen-bond acceptors (Lipinski definition) is 4. The van der Waals surface area contributed by atoms with Gasteiger partial charge in [-0.2, -0.15) is 0 Å². The molecule has 4 aromatic rings. The molecule has 5 rings (SSSR count). The Morgan fingerprint density at radius 3 is 2.30 bits per heavy atom. The van der Waals surface area contributed by atoms with Gasteiger partial charge in [-0.1, -0.05) is 79.1 Å². The first-order valence-corrected chi connectivity index (χ1v) is 13.5. The van der Waals surface area contributed by atoms with Gasteiger partial charge >= 0.3 is 5.97 Å². The molecule has 7 heteroatoms. The lowest BCUT2D eigenvalue weighted by molar-refractivity contribution is -0.144. The lowest BCUT2D eigenvalue weighted by Gasteiger charge is -2.25. The summed E-state index contributed by atoms with van der Waals surface area (Å²) in [6, 6.07) is 26.0. The van der Waals surface area contributed by atoms with Crippen LogP contribution in [0.5, 0.6) is 5.75 Å². The number of aliphatic carboxylic acids is 1. The number of hydrogen-bond donors (Lipinski definition) is 2. The second-order valence-electron chi connectivity index (χ2n) is 10.3. The number of aryl methyl sites for hydroxylation is 1. The van der Waals surface area contributed by atoms with E-state index in [0.29, 0.717) is 42.0 Å². The van der Waals surface area contributed by atoms with E-state index in [-0.39, 0.29) is 12.4 Å². The van der Waals surface area contributed by atoms with Gasteiger partial charge in [0.1, 0.15) is 17.9 Å². The summed E-state index contributed by atoms with van der Waals surface area (Å²) in [5.74, 6) is -1.01. The predicted octanol–water partition coefficient (Wildman–Crippen LogP) is 5.90. The molecule has 2 N–H and O–H groups in total. The van der Waals surface area contributed by atoms with Gasteiger partial charge in [-0.3, -0.25) is 9.59 Å². The molecule has 1 amide bonds. The van der Waals surface area contributed by atoms with Gasteiger partial charge in [0.25, 0.3) is 5.91 Å². The number of nitrogens with one attached hydrogen (secondary N) is 1. The van der Waals surface area contributed by atoms with Crippen molar-refractivity contribution in [1.82, 2.24) is 9.88 Å². The summed E-state index contributed by atoms with van der Waals surface area (Å²) in [5, 5.41) is 12.4. The van der Waals surface area contributed by atoms with E-state index in [4.69, 9.17) is 4.74 Å². The molecule has 0 aliphatic heterocycles. The van der Waals surface area contributed by atoms with Crippen LogP contribution in [-0.4, -0.2) is 39.5 Å². The highest BCUT2D eigenvalue weighted by atomic mass is 16.5. The minimum Gasteiger partial charge on any atom is -0.492 e. The standard InChI is InChI=1S/C33H32N2O5/c1-23-12-14-25(15-13-23)30(36)29-21-27(24-8-3-2-4-9-24)22-35(29)18-19-40-28-11-7-10-26(20-28)31(37)34-33(32(38)39)16-5-6-17-33/h2-4,7-15,20-22H,5-6,16-19H2,1H3,(H,34,37)(H,38,39). The van der Waals surface area contributed by atoms with Crippen LogP contribution in [0.4, 0.5) is 0 Å². The van der Waals surface area contributed by atoms with Gasteiger partial charge in [0.2, 0.25) is 5.78 Å². The first-order valence-electron chi connectivity index (χ1n) is 13.5. The average molecular weight is 537 g/mol. The lowest BCUT2D eigenvalue weighted by atomic mass is 9.97. The molecule has 7 nitrogen and oxygen atoms in total. The number of ether oxygens (including phenoxy) is 1. The number of nitrogens with zero attached hydrogens (tertiary/aromatic N) is 1. The minimum atomic E-state index is -1.21. The molecule has 1 aliphatic rings. The van der Waals surface area contributed by atoms with Gasteiger partial charge in [0.05, 0.1) is 12.2 Å². The number of carbonyl (C=O) groups is 3. The molecule has 0 bridgehead atoms. The number of benzene rings is 3. The highest BCUT2D eigenvalue weighted by Gasteiger charge is 2.42. The van der Waals surface area contributed by atoms with Gasteiger partial charge in [0, 0.05) is 22.9 Å². The molecule has 204 valence electrons. The molecule has 0 radical (unpaired) electrons. The summed E-state index contributed by atoms with van der Waals surface area (Å²) in [5.41, 5.74) is 3.35. The molecule has 1 fully saturated rings. The molecular weight excluding hydrogens is 504 g/mol. The normalized spacial score (nSPS) is 14.0. The summed E-state index contributed by atoms with van der Waals surface area (Å²) in [6.45, 7) is 2.67. The van der Waals surface area contributed by atoms with Crippen molar-refractivity contribution in [3.05, 3.63) is 114 Å². The first kappa shape index (κ1) is 26.9. The molecule has 0 spiro atoms. The number of carbonyl (C=O) groups excluding carboxylic acids is 2. The first-order chi connectivity index (χ1) is 19.3. The number of ketones is 1. The summed E-state index contributed by atoms with van der Waals surface area (Å²) >= 11 is 0. The Hall–Kier alpha value is -4.65. The van der Waals surface area contributed by atoms with E-state index < -0.39 is 17.4 Å². The van der Waals surface area contributed by atoms with Crippen molar-refractivity contribution in [1.29, 1.82) is 0 Å². The van der Waals surface area contributed by atoms with Crippen LogP contribution >= 0.6 is 0 Å². The molecule has 1 saturated carbocycles. The van der Waals surface area contributed by atoms with E-state index in [0.717, 1.165) is 29.5 Å². The number of carboxylic acid groups (broad SMARTS) is 1. The van der Waals surface area contributed by atoms with Crippen LogP contribution in [0.3, 0.4) is 0 Å². The topological polar surface area (TPSA) is 97.6 Å². The summed E-state index contributed by atoms with van der Waals surface area (Å²) in [6.07, 6.45) is 4.35.